The molecular formula is C16H23N3O2. The number of nitrogens with zero attached hydrogens (tertiary/aromatic N) is 1. The molecule has 2 rings (SSSR count). The number of hydrogen-bond donors (Lipinski definition) is 3. The molecule has 1 aromatic heterocycles. The van der Waals surface area contributed by atoms with Crippen LogP contribution in [0, 0.1) is 11.8 Å². The highest BCUT2D eigenvalue weighted by Crippen LogP contribution is 2.15. The van der Waals surface area contributed by atoms with Crippen LogP contribution >= 0.6 is 0 Å². The van der Waals surface area contributed by atoms with Crippen LogP contribution in [0.15, 0.2) is 24.5 Å². The lowest BCUT2D eigenvalue weighted by molar-refractivity contribution is 0.0941. The molecule has 5 heteroatoms. The highest BCUT2D eigenvalue weighted by molar-refractivity contribution is 5.97. The number of aromatic amines is 1. The Hall–Kier alpha value is -1.88. The van der Waals surface area contributed by atoms with Crippen LogP contribution in [-0.4, -0.2) is 34.1 Å². The van der Waals surface area contributed by atoms with Crippen molar-refractivity contribution >= 4 is 16.9 Å². The number of aliphatic hydroxyl groups is 1. The summed E-state index contributed by atoms with van der Waals surface area (Å²) in [5.74, 6) is 0.785. The van der Waals surface area contributed by atoms with Crippen molar-refractivity contribution in [3.8, 4) is 0 Å². The molecule has 0 aliphatic carbocycles. The molecule has 0 saturated carbocycles. The van der Waals surface area contributed by atoms with E-state index in [1.54, 1.807) is 18.5 Å². The largest absolute Gasteiger partial charge is 0.396 e. The minimum atomic E-state index is -0.0850. The van der Waals surface area contributed by atoms with Gasteiger partial charge in [0.25, 0.3) is 5.91 Å². The molecule has 2 aromatic rings. The molecule has 0 saturated heterocycles. The Morgan fingerprint density at radius 1 is 1.43 bits per heavy atom. The van der Waals surface area contributed by atoms with Gasteiger partial charge in [-0.1, -0.05) is 13.8 Å². The van der Waals surface area contributed by atoms with Gasteiger partial charge in [0, 0.05) is 18.7 Å². The molecule has 114 valence electrons. The number of carbonyl (C=O) groups excluding carboxylic acids is 1. The zero-order valence-corrected chi connectivity index (χ0v) is 12.6. The average molecular weight is 289 g/mol. The summed E-state index contributed by atoms with van der Waals surface area (Å²) >= 11 is 0. The first-order chi connectivity index (χ1) is 10.1. The first-order valence-corrected chi connectivity index (χ1v) is 7.42. The van der Waals surface area contributed by atoms with Gasteiger partial charge in [0.05, 0.1) is 17.4 Å². The Morgan fingerprint density at radius 2 is 2.24 bits per heavy atom. The Balaban J connectivity index is 1.96. The summed E-state index contributed by atoms with van der Waals surface area (Å²) in [5.41, 5.74) is 2.33. The quantitative estimate of drug-likeness (QED) is 0.732. The van der Waals surface area contributed by atoms with E-state index in [0.717, 1.165) is 23.9 Å². The lowest BCUT2D eigenvalue weighted by atomic mass is 9.94. The van der Waals surface area contributed by atoms with E-state index in [4.69, 9.17) is 5.11 Å². The molecule has 1 unspecified atom stereocenters. The van der Waals surface area contributed by atoms with Crippen LogP contribution in [0.1, 0.15) is 37.0 Å². The van der Waals surface area contributed by atoms with Gasteiger partial charge < -0.3 is 15.4 Å². The fourth-order valence-electron chi connectivity index (χ4n) is 2.57. The van der Waals surface area contributed by atoms with Gasteiger partial charge in [0.15, 0.2) is 0 Å². The topological polar surface area (TPSA) is 78.0 Å². The van der Waals surface area contributed by atoms with Crippen LogP contribution < -0.4 is 5.32 Å². The summed E-state index contributed by atoms with van der Waals surface area (Å²) in [6.07, 6.45) is 3.34. The van der Waals surface area contributed by atoms with Crippen molar-refractivity contribution < 1.29 is 9.90 Å². The van der Waals surface area contributed by atoms with Gasteiger partial charge in [-0.05, 0) is 42.9 Å². The van der Waals surface area contributed by atoms with E-state index in [0.29, 0.717) is 23.9 Å². The summed E-state index contributed by atoms with van der Waals surface area (Å²) in [6.45, 7) is 5.06. The fourth-order valence-corrected chi connectivity index (χ4v) is 2.57. The van der Waals surface area contributed by atoms with E-state index >= 15 is 0 Å². The second kappa shape index (κ2) is 7.22. The normalized spacial score (nSPS) is 12.8. The number of rotatable bonds is 7. The predicted molar refractivity (Wildman–Crippen MR) is 83.1 cm³/mol. The second-order valence-corrected chi connectivity index (χ2v) is 5.85. The van der Waals surface area contributed by atoms with E-state index in [9.17, 15) is 4.79 Å². The zero-order valence-electron chi connectivity index (χ0n) is 12.6. The number of aromatic nitrogens is 2. The molecule has 1 heterocycles. The van der Waals surface area contributed by atoms with Crippen LogP contribution in [0.25, 0.3) is 11.0 Å². The number of aliphatic hydroxyl groups excluding tert-OH is 1. The van der Waals surface area contributed by atoms with Gasteiger partial charge in [0.2, 0.25) is 0 Å². The van der Waals surface area contributed by atoms with E-state index in [1.165, 1.54) is 0 Å². The van der Waals surface area contributed by atoms with Crippen molar-refractivity contribution in [2.45, 2.75) is 26.7 Å². The summed E-state index contributed by atoms with van der Waals surface area (Å²) in [5, 5.41) is 12.1. The maximum absolute atomic E-state index is 12.2. The highest BCUT2D eigenvalue weighted by atomic mass is 16.3. The molecule has 21 heavy (non-hydrogen) atoms. The molecule has 0 aliphatic rings. The Bertz CT molecular complexity index is 592. The Kier molecular flexibility index (Phi) is 5.33. The SMILES string of the molecule is CC(C)CC(CCO)CNC(=O)c1ccc2nc[nH]c2c1. The molecule has 0 spiro atoms. The Labute approximate surface area is 124 Å². The van der Waals surface area contributed by atoms with Gasteiger partial charge in [-0.15, -0.1) is 0 Å². The third-order valence-electron chi connectivity index (χ3n) is 3.58. The number of imidazole rings is 1. The van der Waals surface area contributed by atoms with Gasteiger partial charge in [-0.25, -0.2) is 4.98 Å². The summed E-state index contributed by atoms with van der Waals surface area (Å²) in [7, 11) is 0. The van der Waals surface area contributed by atoms with Crippen LogP contribution in [-0.2, 0) is 0 Å². The monoisotopic (exact) mass is 289 g/mol. The second-order valence-electron chi connectivity index (χ2n) is 5.85. The molecule has 0 fully saturated rings. The summed E-state index contributed by atoms with van der Waals surface area (Å²) in [6, 6.07) is 5.42. The number of fused-ring (bicyclic) bond motifs is 1. The first-order valence-electron chi connectivity index (χ1n) is 7.42. The van der Waals surface area contributed by atoms with Crippen molar-refractivity contribution in [2.75, 3.05) is 13.2 Å². The van der Waals surface area contributed by atoms with E-state index in [2.05, 4.69) is 29.1 Å². The van der Waals surface area contributed by atoms with Crippen molar-refractivity contribution in [2.24, 2.45) is 11.8 Å². The third kappa shape index (κ3) is 4.29. The number of nitrogens with one attached hydrogen (secondary N) is 2. The number of H-pyrrole nitrogens is 1. The molecule has 1 amide bonds. The maximum atomic E-state index is 12.2. The zero-order chi connectivity index (χ0) is 15.2. The van der Waals surface area contributed by atoms with Crippen LogP contribution in [0.5, 0.6) is 0 Å². The van der Waals surface area contributed by atoms with E-state index < -0.39 is 0 Å². The van der Waals surface area contributed by atoms with Crippen molar-refractivity contribution in [3.05, 3.63) is 30.1 Å². The average Bonchev–Trinajstić information content (AvgIpc) is 2.91. The van der Waals surface area contributed by atoms with Gasteiger partial charge >= 0.3 is 0 Å². The smallest absolute Gasteiger partial charge is 0.251 e. The molecule has 1 aromatic carbocycles. The molecule has 3 N–H and O–H groups in total. The maximum Gasteiger partial charge on any atom is 0.251 e. The molecule has 0 bridgehead atoms. The molecule has 1 atom stereocenters. The minimum Gasteiger partial charge on any atom is -0.396 e. The van der Waals surface area contributed by atoms with Crippen molar-refractivity contribution in [3.63, 3.8) is 0 Å². The first kappa shape index (κ1) is 15.5. The summed E-state index contributed by atoms with van der Waals surface area (Å²) < 4.78 is 0. The minimum absolute atomic E-state index is 0.0850. The number of carbonyl (C=O) groups is 1. The summed E-state index contributed by atoms with van der Waals surface area (Å²) in [4.78, 5) is 19.3. The van der Waals surface area contributed by atoms with Gasteiger partial charge in [0.1, 0.15) is 0 Å². The molecule has 5 nitrogen and oxygen atoms in total. The van der Waals surface area contributed by atoms with Crippen molar-refractivity contribution in [1.82, 2.24) is 15.3 Å². The lowest BCUT2D eigenvalue weighted by Gasteiger charge is -2.18. The standard InChI is InChI=1S/C16H23N3O2/c1-11(2)7-12(5-6-20)9-17-16(21)13-3-4-14-15(8-13)19-10-18-14/h3-4,8,10-12,20H,5-7,9H2,1-2H3,(H,17,21)(H,18,19). The predicted octanol–water partition coefficient (Wildman–Crippen LogP) is 2.34. The van der Waals surface area contributed by atoms with Gasteiger partial charge in [-0.2, -0.15) is 0 Å². The van der Waals surface area contributed by atoms with E-state index in [1.807, 2.05) is 6.07 Å². The Morgan fingerprint density at radius 3 is 2.95 bits per heavy atom. The van der Waals surface area contributed by atoms with Crippen LogP contribution in [0.2, 0.25) is 0 Å². The molecule has 0 radical (unpaired) electrons. The van der Waals surface area contributed by atoms with Crippen LogP contribution in [0.4, 0.5) is 0 Å². The number of amides is 1. The number of hydrogen-bond acceptors (Lipinski definition) is 3. The molecule has 0 aliphatic heterocycles. The molecular weight excluding hydrogens is 266 g/mol. The highest BCUT2D eigenvalue weighted by Gasteiger charge is 2.13. The van der Waals surface area contributed by atoms with Crippen LogP contribution in [0.3, 0.4) is 0 Å². The fraction of sp³-hybridized carbons (Fsp3) is 0.500. The number of benzene rings is 1. The van der Waals surface area contributed by atoms with Crippen molar-refractivity contribution in [1.29, 1.82) is 0 Å². The van der Waals surface area contributed by atoms with E-state index in [-0.39, 0.29) is 12.5 Å². The lowest BCUT2D eigenvalue weighted by Crippen LogP contribution is -2.30. The van der Waals surface area contributed by atoms with Gasteiger partial charge in [-0.3, -0.25) is 4.79 Å². The third-order valence-corrected chi connectivity index (χ3v) is 3.58.